The summed E-state index contributed by atoms with van der Waals surface area (Å²) in [7, 11) is 3.97. The zero-order valence-corrected chi connectivity index (χ0v) is 20.6. The lowest BCUT2D eigenvalue weighted by molar-refractivity contribution is -0.154. The van der Waals surface area contributed by atoms with E-state index in [1.807, 2.05) is 19.0 Å². The number of thioether (sulfide) groups is 1. The molecule has 2 bridgehead atoms. The van der Waals surface area contributed by atoms with E-state index in [0.29, 0.717) is 0 Å². The summed E-state index contributed by atoms with van der Waals surface area (Å²) >= 11 is 2.87. The van der Waals surface area contributed by atoms with Crippen molar-refractivity contribution in [2.45, 2.75) is 35.6 Å². The van der Waals surface area contributed by atoms with Crippen molar-refractivity contribution in [3.63, 3.8) is 0 Å². The van der Waals surface area contributed by atoms with Crippen molar-refractivity contribution < 1.29 is 19.5 Å². The predicted octanol–water partition coefficient (Wildman–Crippen LogP) is 2.45. The highest BCUT2D eigenvalue weighted by molar-refractivity contribution is 8.00. The highest BCUT2D eigenvalue weighted by Gasteiger charge is 2.70. The predicted molar refractivity (Wildman–Crippen MR) is 128 cm³/mol. The summed E-state index contributed by atoms with van der Waals surface area (Å²) in [5, 5.41) is 10.4. The number of fused-ring (bicyclic) bond motifs is 9. The molecule has 2 amide bonds. The fourth-order valence-electron chi connectivity index (χ4n) is 6.89. The molecular weight excluding hydrogens is 474 g/mol. The smallest absolute Gasteiger partial charge is 0.326 e. The molecule has 178 valence electrons. The molecule has 1 aromatic carbocycles. The normalized spacial score (nSPS) is 34.1. The quantitative estimate of drug-likeness (QED) is 0.622. The molecule has 2 saturated carbocycles. The average Bonchev–Trinajstić information content (AvgIpc) is 3.52. The number of hydrogen-bond donors (Lipinski definition) is 2. The summed E-state index contributed by atoms with van der Waals surface area (Å²) < 4.78 is 0. The van der Waals surface area contributed by atoms with E-state index in [-0.39, 0.29) is 45.6 Å². The van der Waals surface area contributed by atoms with Crippen LogP contribution in [0.2, 0.25) is 0 Å². The Labute approximate surface area is 204 Å². The standard InChI is InChI=1S/C24H25N3O5S2/c1-9(23(30)31)27-21(28)16-12-8-13(17(16)22(27)29)18-15(12)14(19-20(33-18)25-24(32)34-19)10-4-6-11(7-5-10)26(2)3/h4-7,9,12-18H,8H2,1-3H3,(H,25,32)(H,30,31)/t9-,12-,13-,14+,15-,16+,17-,18+/m1/s1. The molecule has 8 atom stereocenters. The highest BCUT2D eigenvalue weighted by atomic mass is 32.2. The number of nitrogens with one attached hydrogen (secondary N) is 1. The molecule has 2 N–H and O–H groups in total. The molecule has 34 heavy (non-hydrogen) atoms. The van der Waals surface area contributed by atoms with Crippen molar-refractivity contribution >= 4 is 46.6 Å². The third-order valence-electron chi connectivity index (χ3n) is 8.27. The molecule has 0 spiro atoms. The largest absolute Gasteiger partial charge is 0.480 e. The van der Waals surface area contributed by atoms with Crippen LogP contribution in [0.25, 0.3) is 0 Å². The Kier molecular flexibility index (Phi) is 4.80. The number of imide groups is 1. The van der Waals surface area contributed by atoms with Crippen LogP contribution in [0, 0.1) is 29.6 Å². The minimum atomic E-state index is -1.17. The SMILES string of the molecule is C[C@H](C(=O)O)N1C(=O)[C@@H]2[C@H]3C[C@@H]([C@@H]2C1=O)[C@@H]1[C@H](c2ccc(N(C)C)cc2)c2sc(=O)[nH]c2S[C@@H]31. The Hall–Kier alpha value is -2.59. The maximum atomic E-state index is 13.4. The van der Waals surface area contributed by atoms with Gasteiger partial charge < -0.3 is 15.0 Å². The lowest BCUT2D eigenvalue weighted by Gasteiger charge is -2.43. The van der Waals surface area contributed by atoms with Crippen molar-refractivity contribution in [3.05, 3.63) is 44.4 Å². The van der Waals surface area contributed by atoms with Crippen molar-refractivity contribution in [1.82, 2.24) is 9.88 Å². The molecule has 0 radical (unpaired) electrons. The van der Waals surface area contributed by atoms with Crippen molar-refractivity contribution in [2.24, 2.45) is 29.6 Å². The number of H-pyrrole nitrogens is 1. The van der Waals surface area contributed by atoms with Crippen LogP contribution in [0.4, 0.5) is 5.69 Å². The Morgan fingerprint density at radius 1 is 1.12 bits per heavy atom. The molecule has 1 aromatic heterocycles. The number of likely N-dealkylation sites (tertiary alicyclic amines) is 1. The minimum Gasteiger partial charge on any atom is -0.480 e. The van der Waals surface area contributed by atoms with Gasteiger partial charge in [-0.15, -0.1) is 11.8 Å². The number of anilines is 1. The first-order valence-electron chi connectivity index (χ1n) is 11.5. The number of benzene rings is 1. The molecule has 3 heterocycles. The fraction of sp³-hybridized carbons (Fsp3) is 0.500. The van der Waals surface area contributed by atoms with Gasteiger partial charge in [0.15, 0.2) is 0 Å². The van der Waals surface area contributed by atoms with Crippen LogP contribution in [0.3, 0.4) is 0 Å². The van der Waals surface area contributed by atoms with Gasteiger partial charge in [-0.2, -0.15) is 0 Å². The van der Waals surface area contributed by atoms with Gasteiger partial charge >= 0.3 is 10.8 Å². The van der Waals surface area contributed by atoms with E-state index < -0.39 is 23.8 Å². The first-order valence-corrected chi connectivity index (χ1v) is 13.1. The number of carbonyl (C=O) groups is 3. The number of carboxylic acid groups (broad SMARTS) is 1. The van der Waals surface area contributed by atoms with Gasteiger partial charge in [-0.05, 0) is 48.8 Å². The third-order valence-corrected chi connectivity index (χ3v) is 10.9. The molecule has 2 aliphatic heterocycles. The number of aliphatic carboxylic acids is 1. The summed E-state index contributed by atoms with van der Waals surface area (Å²) in [5.74, 6) is -2.73. The van der Waals surface area contributed by atoms with E-state index in [2.05, 4.69) is 29.2 Å². The van der Waals surface area contributed by atoms with Crippen LogP contribution in [0.1, 0.15) is 29.7 Å². The van der Waals surface area contributed by atoms with Gasteiger partial charge in [-0.25, -0.2) is 4.79 Å². The third kappa shape index (κ3) is 2.84. The molecule has 3 fully saturated rings. The van der Waals surface area contributed by atoms with Gasteiger partial charge in [0.1, 0.15) is 6.04 Å². The maximum Gasteiger partial charge on any atom is 0.326 e. The monoisotopic (exact) mass is 499 g/mol. The van der Waals surface area contributed by atoms with E-state index in [4.69, 9.17) is 0 Å². The van der Waals surface area contributed by atoms with Gasteiger partial charge in [0, 0.05) is 35.8 Å². The summed E-state index contributed by atoms with van der Waals surface area (Å²) in [4.78, 5) is 57.6. The molecule has 8 nitrogen and oxygen atoms in total. The van der Waals surface area contributed by atoms with Crippen LogP contribution >= 0.6 is 23.1 Å². The van der Waals surface area contributed by atoms with Crippen molar-refractivity contribution in [1.29, 1.82) is 0 Å². The van der Waals surface area contributed by atoms with E-state index in [9.17, 15) is 24.3 Å². The van der Waals surface area contributed by atoms with Crippen molar-refractivity contribution in [3.8, 4) is 0 Å². The van der Waals surface area contributed by atoms with Crippen molar-refractivity contribution in [2.75, 3.05) is 19.0 Å². The molecule has 6 rings (SSSR count). The van der Waals surface area contributed by atoms with Crippen LogP contribution in [0.15, 0.2) is 34.1 Å². The van der Waals surface area contributed by atoms with E-state index in [0.717, 1.165) is 32.5 Å². The average molecular weight is 500 g/mol. The molecular formula is C24H25N3O5S2. The maximum absolute atomic E-state index is 13.4. The van der Waals surface area contributed by atoms with Gasteiger partial charge in [0.25, 0.3) is 0 Å². The Morgan fingerprint density at radius 3 is 2.38 bits per heavy atom. The lowest BCUT2D eigenvalue weighted by Crippen LogP contribution is -2.44. The molecule has 2 aromatic rings. The number of carbonyl (C=O) groups excluding carboxylic acids is 2. The summed E-state index contributed by atoms with van der Waals surface area (Å²) in [5.41, 5.74) is 2.19. The van der Waals surface area contributed by atoms with Crippen LogP contribution in [0.5, 0.6) is 0 Å². The molecule has 4 aliphatic rings. The number of thiazole rings is 1. The lowest BCUT2D eigenvalue weighted by atomic mass is 9.68. The number of hydrogen-bond acceptors (Lipinski definition) is 7. The topological polar surface area (TPSA) is 111 Å². The second-order valence-electron chi connectivity index (χ2n) is 10.0. The molecule has 0 unspecified atom stereocenters. The van der Waals surface area contributed by atoms with Crippen LogP contribution < -0.4 is 9.77 Å². The number of aromatic nitrogens is 1. The first-order chi connectivity index (χ1) is 16.2. The summed E-state index contributed by atoms with van der Waals surface area (Å²) in [6.07, 6.45) is 0.788. The van der Waals surface area contributed by atoms with Gasteiger partial charge in [-0.1, -0.05) is 23.5 Å². The second-order valence-corrected chi connectivity index (χ2v) is 12.2. The van der Waals surface area contributed by atoms with Crippen LogP contribution in [-0.4, -0.2) is 58.2 Å². The van der Waals surface area contributed by atoms with E-state index in [1.54, 1.807) is 11.8 Å². The highest BCUT2D eigenvalue weighted by Crippen LogP contribution is 2.68. The minimum absolute atomic E-state index is 0.00690. The number of nitrogens with zero attached hydrogens (tertiary/aromatic N) is 2. The Morgan fingerprint density at radius 2 is 1.76 bits per heavy atom. The number of carboxylic acids is 1. The zero-order valence-electron chi connectivity index (χ0n) is 18.9. The summed E-state index contributed by atoms with van der Waals surface area (Å²) in [6.45, 7) is 1.40. The van der Waals surface area contributed by atoms with Gasteiger partial charge in [0.2, 0.25) is 11.8 Å². The molecule has 2 aliphatic carbocycles. The molecule has 1 saturated heterocycles. The first kappa shape index (κ1) is 21.9. The van der Waals surface area contributed by atoms with E-state index in [1.165, 1.54) is 18.3 Å². The number of amides is 2. The zero-order chi connectivity index (χ0) is 24.0. The Balaban J connectivity index is 1.43. The van der Waals surface area contributed by atoms with Gasteiger partial charge in [-0.3, -0.25) is 19.3 Å². The fourth-order valence-corrected chi connectivity index (χ4v) is 9.77. The second kappa shape index (κ2) is 7.45. The number of aromatic amines is 1. The van der Waals surface area contributed by atoms with Gasteiger partial charge in [0.05, 0.1) is 16.9 Å². The number of rotatable bonds is 4. The van der Waals surface area contributed by atoms with E-state index >= 15 is 0 Å². The summed E-state index contributed by atoms with van der Waals surface area (Å²) in [6, 6.07) is 7.18. The van der Waals surface area contributed by atoms with Crippen LogP contribution in [-0.2, 0) is 14.4 Å². The Bertz CT molecular complexity index is 1270. The molecule has 10 heteroatoms.